The van der Waals surface area contributed by atoms with E-state index in [0.717, 1.165) is 21.3 Å². The van der Waals surface area contributed by atoms with Gasteiger partial charge >= 0.3 is 0 Å². The highest BCUT2D eigenvalue weighted by Gasteiger charge is 2.17. The highest BCUT2D eigenvalue weighted by Crippen LogP contribution is 2.23. The molecule has 0 fully saturated rings. The molecule has 0 spiro atoms. The second-order valence-electron chi connectivity index (χ2n) is 5.54. The first kappa shape index (κ1) is 14.0. The number of aromatic amines is 1. The Bertz CT molecular complexity index is 1100. The number of ketones is 1. The fraction of sp³-hybridized carbons (Fsp3) is 0.111. The van der Waals surface area contributed by atoms with Crippen molar-refractivity contribution in [2.45, 2.75) is 13.5 Å². The first-order valence-electron chi connectivity index (χ1n) is 7.32. The van der Waals surface area contributed by atoms with Crippen molar-refractivity contribution in [1.29, 1.82) is 0 Å². The van der Waals surface area contributed by atoms with Crippen molar-refractivity contribution in [3.05, 3.63) is 69.6 Å². The van der Waals surface area contributed by atoms with Crippen molar-refractivity contribution in [2.24, 2.45) is 0 Å². The van der Waals surface area contributed by atoms with E-state index in [1.54, 1.807) is 12.3 Å². The van der Waals surface area contributed by atoms with Crippen LogP contribution in [0.5, 0.6) is 0 Å². The Morgan fingerprint density at radius 2 is 2.00 bits per heavy atom. The van der Waals surface area contributed by atoms with Crippen molar-refractivity contribution in [2.75, 3.05) is 0 Å². The molecule has 0 atom stereocenters. The van der Waals surface area contributed by atoms with Crippen LogP contribution in [0.25, 0.3) is 21.0 Å². The summed E-state index contributed by atoms with van der Waals surface area (Å²) >= 11 is 1.53. The third kappa shape index (κ3) is 2.21. The lowest BCUT2D eigenvalue weighted by Crippen LogP contribution is -2.23. The van der Waals surface area contributed by atoms with E-state index in [0.29, 0.717) is 10.9 Å². The van der Waals surface area contributed by atoms with Crippen LogP contribution in [-0.2, 0) is 6.54 Å². The number of hydrogen-bond acceptors (Lipinski definition) is 3. The standard InChI is InChI=1S/C18H14N2O2S/c1-11-17(12-4-2-3-5-14(12)19-11)15(21)10-20-8-6-16-13(18(20)22)7-9-23-16/h2-9,19H,10H2,1H3. The van der Waals surface area contributed by atoms with Gasteiger partial charge in [-0.15, -0.1) is 11.3 Å². The second kappa shape index (κ2) is 5.21. The van der Waals surface area contributed by atoms with Crippen molar-refractivity contribution in [3.63, 3.8) is 0 Å². The molecule has 0 amide bonds. The van der Waals surface area contributed by atoms with E-state index >= 15 is 0 Å². The summed E-state index contributed by atoms with van der Waals surface area (Å²) in [7, 11) is 0. The number of carbonyl (C=O) groups excluding carboxylic acids is 1. The number of aromatic nitrogens is 2. The fourth-order valence-corrected chi connectivity index (χ4v) is 3.77. The summed E-state index contributed by atoms with van der Waals surface area (Å²) in [5.74, 6) is -0.0587. The number of benzene rings is 1. The molecular weight excluding hydrogens is 308 g/mol. The lowest BCUT2D eigenvalue weighted by Gasteiger charge is -2.05. The first-order chi connectivity index (χ1) is 11.1. The van der Waals surface area contributed by atoms with Crippen LogP contribution >= 0.6 is 11.3 Å². The maximum absolute atomic E-state index is 12.8. The highest BCUT2D eigenvalue weighted by atomic mass is 32.1. The topological polar surface area (TPSA) is 54.9 Å². The Hall–Kier alpha value is -2.66. The summed E-state index contributed by atoms with van der Waals surface area (Å²) in [6, 6.07) is 11.4. The number of aryl methyl sites for hydroxylation is 1. The van der Waals surface area contributed by atoms with Crippen molar-refractivity contribution in [3.8, 4) is 0 Å². The summed E-state index contributed by atoms with van der Waals surface area (Å²) < 4.78 is 2.43. The number of hydrogen-bond donors (Lipinski definition) is 1. The van der Waals surface area contributed by atoms with Crippen molar-refractivity contribution < 1.29 is 4.79 Å². The number of nitrogens with zero attached hydrogens (tertiary/aromatic N) is 1. The smallest absolute Gasteiger partial charge is 0.259 e. The Morgan fingerprint density at radius 3 is 2.87 bits per heavy atom. The molecule has 23 heavy (non-hydrogen) atoms. The van der Waals surface area contributed by atoms with Crippen LogP contribution in [0.1, 0.15) is 16.1 Å². The molecule has 1 aromatic carbocycles. The van der Waals surface area contributed by atoms with Gasteiger partial charge in [0.15, 0.2) is 5.78 Å². The predicted molar refractivity (Wildman–Crippen MR) is 93.5 cm³/mol. The van der Waals surface area contributed by atoms with Crippen LogP contribution in [0.2, 0.25) is 0 Å². The molecule has 4 aromatic rings. The first-order valence-corrected chi connectivity index (χ1v) is 8.20. The van der Waals surface area contributed by atoms with Gasteiger partial charge in [0.1, 0.15) is 0 Å². The minimum absolute atomic E-state index is 0.0489. The second-order valence-corrected chi connectivity index (χ2v) is 6.49. The normalized spacial score (nSPS) is 11.3. The van der Waals surface area contributed by atoms with Gasteiger partial charge in [0.05, 0.1) is 11.9 Å². The SMILES string of the molecule is Cc1[nH]c2ccccc2c1C(=O)Cn1ccc2sccc2c1=O. The number of rotatable bonds is 3. The predicted octanol–water partition coefficient (Wildman–Crippen LogP) is 3.74. The lowest BCUT2D eigenvalue weighted by atomic mass is 10.1. The van der Waals surface area contributed by atoms with Crippen LogP contribution in [0.15, 0.2) is 52.8 Å². The van der Waals surface area contributed by atoms with Crippen LogP contribution in [-0.4, -0.2) is 15.3 Å². The molecule has 0 unspecified atom stereocenters. The Kier molecular flexibility index (Phi) is 3.16. The molecule has 4 rings (SSSR count). The zero-order valence-corrected chi connectivity index (χ0v) is 13.3. The van der Waals surface area contributed by atoms with Crippen LogP contribution in [0, 0.1) is 6.92 Å². The van der Waals surface area contributed by atoms with E-state index in [-0.39, 0.29) is 17.9 Å². The molecule has 3 heterocycles. The van der Waals surface area contributed by atoms with Gasteiger partial charge in [-0.1, -0.05) is 18.2 Å². The van der Waals surface area contributed by atoms with Gasteiger partial charge in [0.25, 0.3) is 5.56 Å². The van der Waals surface area contributed by atoms with Gasteiger partial charge in [0.2, 0.25) is 0 Å². The maximum atomic E-state index is 12.8. The zero-order valence-electron chi connectivity index (χ0n) is 12.5. The van der Waals surface area contributed by atoms with Crippen LogP contribution in [0.3, 0.4) is 0 Å². The monoisotopic (exact) mass is 322 g/mol. The largest absolute Gasteiger partial charge is 0.358 e. The molecule has 0 aliphatic carbocycles. The average molecular weight is 322 g/mol. The highest BCUT2D eigenvalue weighted by molar-refractivity contribution is 7.17. The van der Waals surface area contributed by atoms with E-state index in [2.05, 4.69) is 4.98 Å². The Morgan fingerprint density at radius 1 is 1.17 bits per heavy atom. The van der Waals surface area contributed by atoms with Crippen LogP contribution < -0.4 is 5.56 Å². The summed E-state index contributed by atoms with van der Waals surface area (Å²) in [5.41, 5.74) is 2.32. The van der Waals surface area contributed by atoms with Crippen molar-refractivity contribution >= 4 is 38.1 Å². The minimum atomic E-state index is -0.116. The fourth-order valence-electron chi connectivity index (χ4n) is 3.00. The number of nitrogens with one attached hydrogen (secondary N) is 1. The van der Waals surface area contributed by atoms with Crippen LogP contribution in [0.4, 0.5) is 0 Å². The van der Waals surface area contributed by atoms with E-state index in [9.17, 15) is 9.59 Å². The number of para-hydroxylation sites is 1. The minimum Gasteiger partial charge on any atom is -0.358 e. The van der Waals surface area contributed by atoms with E-state index < -0.39 is 0 Å². The molecule has 0 radical (unpaired) electrons. The number of Topliss-reactive ketones (excluding diaryl/α,β-unsaturated/α-hetero) is 1. The number of carbonyl (C=O) groups is 1. The number of pyridine rings is 1. The third-order valence-electron chi connectivity index (χ3n) is 4.08. The number of thiophene rings is 1. The molecule has 0 aliphatic heterocycles. The Balaban J connectivity index is 1.78. The third-order valence-corrected chi connectivity index (χ3v) is 4.96. The van der Waals surface area contributed by atoms with Gasteiger partial charge in [-0.05, 0) is 30.5 Å². The lowest BCUT2D eigenvalue weighted by molar-refractivity contribution is 0.0972. The molecule has 0 saturated heterocycles. The molecule has 0 saturated carbocycles. The molecule has 5 heteroatoms. The van der Waals surface area contributed by atoms with Gasteiger partial charge < -0.3 is 9.55 Å². The van der Waals surface area contributed by atoms with E-state index in [1.807, 2.05) is 42.6 Å². The summed E-state index contributed by atoms with van der Waals surface area (Å²) in [4.78, 5) is 28.4. The summed E-state index contributed by atoms with van der Waals surface area (Å²) in [5, 5.41) is 3.46. The number of fused-ring (bicyclic) bond motifs is 2. The van der Waals surface area contributed by atoms with E-state index in [4.69, 9.17) is 0 Å². The van der Waals surface area contributed by atoms with Gasteiger partial charge in [-0.2, -0.15) is 0 Å². The Labute approximate surface area is 136 Å². The molecule has 0 aliphatic rings. The van der Waals surface area contributed by atoms with Gasteiger partial charge in [-0.25, -0.2) is 0 Å². The molecule has 4 nitrogen and oxygen atoms in total. The molecular formula is C18H14N2O2S. The summed E-state index contributed by atoms with van der Waals surface area (Å²) in [6.45, 7) is 1.94. The maximum Gasteiger partial charge on any atom is 0.259 e. The van der Waals surface area contributed by atoms with Crippen molar-refractivity contribution in [1.82, 2.24) is 9.55 Å². The number of H-pyrrole nitrogens is 1. The zero-order chi connectivity index (χ0) is 16.0. The molecule has 3 aromatic heterocycles. The molecule has 0 bridgehead atoms. The van der Waals surface area contributed by atoms with E-state index in [1.165, 1.54) is 15.9 Å². The van der Waals surface area contributed by atoms with Gasteiger partial charge in [-0.3, -0.25) is 9.59 Å². The summed E-state index contributed by atoms with van der Waals surface area (Å²) in [6.07, 6.45) is 1.70. The quantitative estimate of drug-likeness (QED) is 0.584. The van der Waals surface area contributed by atoms with Gasteiger partial charge in [0, 0.05) is 33.1 Å². The molecule has 114 valence electrons. The molecule has 1 N–H and O–H groups in total. The average Bonchev–Trinajstić information content (AvgIpc) is 3.13.